The Bertz CT molecular complexity index is 785. The molecule has 25 heavy (non-hydrogen) atoms. The molecule has 8 heteroatoms. The smallest absolute Gasteiger partial charge is 0.344 e. The highest BCUT2D eigenvalue weighted by atomic mass is 35.5. The van der Waals surface area contributed by atoms with E-state index in [2.05, 4.69) is 5.32 Å². The molecule has 0 fully saturated rings. The number of hydrogen-bond acceptors (Lipinski definition) is 4. The molecule has 1 amide bonds. The van der Waals surface area contributed by atoms with E-state index in [4.69, 9.17) is 32.7 Å². The van der Waals surface area contributed by atoms with Crippen molar-refractivity contribution in [1.82, 2.24) is 0 Å². The zero-order valence-electron chi connectivity index (χ0n) is 13.1. The van der Waals surface area contributed by atoms with Crippen molar-refractivity contribution < 1.29 is 23.5 Å². The van der Waals surface area contributed by atoms with Gasteiger partial charge in [0.2, 0.25) is 0 Å². The summed E-state index contributed by atoms with van der Waals surface area (Å²) in [5.74, 6) is -1.55. The molecule has 0 radical (unpaired) electrons. The Morgan fingerprint density at radius 2 is 1.88 bits per heavy atom. The lowest BCUT2D eigenvalue weighted by molar-refractivity contribution is -0.155. The summed E-state index contributed by atoms with van der Waals surface area (Å²) in [5, 5.41) is 2.84. The third-order valence-electron chi connectivity index (χ3n) is 3.05. The first kappa shape index (κ1) is 19.0. The summed E-state index contributed by atoms with van der Waals surface area (Å²) in [7, 11) is 0. The number of benzene rings is 2. The van der Waals surface area contributed by atoms with Crippen LogP contribution in [-0.2, 0) is 14.3 Å². The lowest BCUT2D eigenvalue weighted by Gasteiger charge is -2.14. The fourth-order valence-corrected chi connectivity index (χ4v) is 2.21. The molecule has 0 aromatic heterocycles. The monoisotopic (exact) mass is 385 g/mol. The third-order valence-corrected chi connectivity index (χ3v) is 3.67. The molecular weight excluding hydrogens is 372 g/mol. The molecule has 0 bridgehead atoms. The topological polar surface area (TPSA) is 64.6 Å². The van der Waals surface area contributed by atoms with E-state index in [-0.39, 0.29) is 10.7 Å². The Balaban J connectivity index is 1.85. The van der Waals surface area contributed by atoms with Gasteiger partial charge in [0.25, 0.3) is 5.91 Å². The summed E-state index contributed by atoms with van der Waals surface area (Å²) < 4.78 is 23.2. The van der Waals surface area contributed by atoms with Crippen molar-refractivity contribution >= 4 is 40.8 Å². The number of halogens is 3. The van der Waals surface area contributed by atoms with Gasteiger partial charge in [-0.05, 0) is 37.3 Å². The van der Waals surface area contributed by atoms with Gasteiger partial charge in [-0.2, -0.15) is 0 Å². The van der Waals surface area contributed by atoms with Crippen LogP contribution in [0.5, 0.6) is 5.75 Å². The van der Waals surface area contributed by atoms with Crippen molar-refractivity contribution in [3.63, 3.8) is 0 Å². The van der Waals surface area contributed by atoms with Gasteiger partial charge >= 0.3 is 5.97 Å². The highest BCUT2D eigenvalue weighted by molar-refractivity contribution is 6.33. The quantitative estimate of drug-likeness (QED) is 0.760. The fraction of sp³-hybridized carbons (Fsp3) is 0.176. The van der Waals surface area contributed by atoms with Crippen molar-refractivity contribution in [2.24, 2.45) is 0 Å². The van der Waals surface area contributed by atoms with Gasteiger partial charge in [-0.1, -0.05) is 35.3 Å². The molecule has 0 aliphatic carbocycles. The number of esters is 1. The lowest BCUT2D eigenvalue weighted by Crippen LogP contribution is -2.31. The number of anilines is 1. The minimum absolute atomic E-state index is 0.0360. The van der Waals surface area contributed by atoms with Gasteiger partial charge in [0.15, 0.2) is 12.7 Å². The van der Waals surface area contributed by atoms with Crippen molar-refractivity contribution in [2.45, 2.75) is 13.0 Å². The standard InChI is InChI=1S/C17H14Cl2FNO4/c1-10(17(23)21-14-7-6-11(20)8-13(14)19)25-16(22)9-24-15-5-3-2-4-12(15)18/h2-8,10H,9H2,1H3,(H,21,23)/t10-/m1/s1. The molecule has 1 atom stereocenters. The van der Waals surface area contributed by atoms with Crippen LogP contribution in [0.25, 0.3) is 0 Å². The number of hydrogen-bond donors (Lipinski definition) is 1. The first-order valence-electron chi connectivity index (χ1n) is 7.19. The summed E-state index contributed by atoms with van der Waals surface area (Å²) in [5.41, 5.74) is 0.211. The van der Waals surface area contributed by atoms with Crippen LogP contribution in [0.4, 0.5) is 10.1 Å². The Hall–Kier alpha value is -2.31. The second-order valence-electron chi connectivity index (χ2n) is 4.96. The van der Waals surface area contributed by atoms with Crippen LogP contribution in [0, 0.1) is 5.82 Å². The molecule has 0 saturated carbocycles. The summed E-state index contributed by atoms with van der Waals surface area (Å²) in [6.07, 6.45) is -1.09. The number of carbonyl (C=O) groups excluding carboxylic acids is 2. The SMILES string of the molecule is C[C@@H](OC(=O)COc1ccccc1Cl)C(=O)Nc1ccc(F)cc1Cl. The molecule has 0 heterocycles. The van der Waals surface area contributed by atoms with Crippen LogP contribution in [0.15, 0.2) is 42.5 Å². The van der Waals surface area contributed by atoms with Crippen LogP contribution >= 0.6 is 23.2 Å². The highest BCUT2D eigenvalue weighted by Crippen LogP contribution is 2.24. The van der Waals surface area contributed by atoms with Gasteiger partial charge in [-0.3, -0.25) is 4.79 Å². The van der Waals surface area contributed by atoms with Crippen LogP contribution in [-0.4, -0.2) is 24.6 Å². The number of carbonyl (C=O) groups is 2. The Labute approximate surface area is 153 Å². The summed E-state index contributed by atoms with van der Waals surface area (Å²) >= 11 is 11.7. The zero-order valence-corrected chi connectivity index (χ0v) is 14.6. The van der Waals surface area contributed by atoms with Gasteiger partial charge in [0, 0.05) is 0 Å². The van der Waals surface area contributed by atoms with E-state index in [0.717, 1.165) is 12.1 Å². The average molecular weight is 386 g/mol. The lowest BCUT2D eigenvalue weighted by atomic mass is 10.3. The molecule has 5 nitrogen and oxygen atoms in total. The molecule has 0 spiro atoms. The van der Waals surface area contributed by atoms with Crippen molar-refractivity contribution in [2.75, 3.05) is 11.9 Å². The Kier molecular flexibility index (Phi) is 6.61. The van der Waals surface area contributed by atoms with Crippen molar-refractivity contribution in [1.29, 1.82) is 0 Å². The van der Waals surface area contributed by atoms with Gasteiger partial charge < -0.3 is 14.8 Å². The predicted molar refractivity (Wildman–Crippen MR) is 92.5 cm³/mol. The van der Waals surface area contributed by atoms with E-state index in [0.29, 0.717) is 10.8 Å². The minimum Gasteiger partial charge on any atom is -0.480 e. The molecule has 0 aliphatic heterocycles. The number of ether oxygens (including phenoxy) is 2. The van der Waals surface area contributed by atoms with Crippen molar-refractivity contribution in [3.05, 3.63) is 58.3 Å². The first-order valence-corrected chi connectivity index (χ1v) is 7.95. The molecule has 2 aromatic carbocycles. The fourth-order valence-electron chi connectivity index (χ4n) is 1.81. The number of amides is 1. The van der Waals surface area contributed by atoms with E-state index in [1.54, 1.807) is 24.3 Å². The second kappa shape index (κ2) is 8.69. The summed E-state index contributed by atoms with van der Waals surface area (Å²) in [6, 6.07) is 10.2. The van der Waals surface area contributed by atoms with Crippen LogP contribution in [0.2, 0.25) is 10.0 Å². The molecule has 132 valence electrons. The molecule has 0 saturated heterocycles. The zero-order chi connectivity index (χ0) is 18.4. The van der Waals surface area contributed by atoms with Gasteiger partial charge in [-0.25, -0.2) is 9.18 Å². The van der Waals surface area contributed by atoms with Gasteiger partial charge in [0.1, 0.15) is 11.6 Å². The highest BCUT2D eigenvalue weighted by Gasteiger charge is 2.19. The molecule has 2 aromatic rings. The largest absolute Gasteiger partial charge is 0.480 e. The maximum atomic E-state index is 13.0. The predicted octanol–water partition coefficient (Wildman–Crippen LogP) is 4.08. The van der Waals surface area contributed by atoms with Gasteiger partial charge in [-0.15, -0.1) is 0 Å². The molecular formula is C17H14Cl2FNO4. The third kappa shape index (κ3) is 5.62. The number of para-hydroxylation sites is 1. The van der Waals surface area contributed by atoms with Crippen LogP contribution in [0.1, 0.15) is 6.92 Å². The molecule has 1 N–H and O–H groups in total. The first-order chi connectivity index (χ1) is 11.9. The molecule has 0 unspecified atom stereocenters. The normalized spacial score (nSPS) is 11.5. The Morgan fingerprint density at radius 3 is 2.56 bits per heavy atom. The maximum Gasteiger partial charge on any atom is 0.344 e. The minimum atomic E-state index is -1.09. The van der Waals surface area contributed by atoms with E-state index in [1.165, 1.54) is 13.0 Å². The van der Waals surface area contributed by atoms with E-state index in [1.807, 2.05) is 0 Å². The van der Waals surface area contributed by atoms with Gasteiger partial charge in [0.05, 0.1) is 15.7 Å². The maximum absolute atomic E-state index is 13.0. The second-order valence-corrected chi connectivity index (χ2v) is 5.78. The summed E-state index contributed by atoms with van der Waals surface area (Å²) in [6.45, 7) is 0.985. The Morgan fingerprint density at radius 1 is 1.16 bits per heavy atom. The summed E-state index contributed by atoms with van der Waals surface area (Å²) in [4.78, 5) is 23.8. The number of nitrogens with one attached hydrogen (secondary N) is 1. The molecule has 0 aliphatic rings. The number of rotatable bonds is 6. The van der Waals surface area contributed by atoms with E-state index >= 15 is 0 Å². The van der Waals surface area contributed by atoms with Crippen LogP contribution in [0.3, 0.4) is 0 Å². The van der Waals surface area contributed by atoms with Crippen molar-refractivity contribution in [3.8, 4) is 5.75 Å². The van der Waals surface area contributed by atoms with Crippen LogP contribution < -0.4 is 10.1 Å². The average Bonchev–Trinajstić information content (AvgIpc) is 2.56. The molecule has 2 rings (SSSR count). The van der Waals surface area contributed by atoms with E-state index < -0.39 is 30.4 Å². The van der Waals surface area contributed by atoms with E-state index in [9.17, 15) is 14.0 Å².